The Bertz CT molecular complexity index is 188. The quantitative estimate of drug-likeness (QED) is 0.613. The van der Waals surface area contributed by atoms with E-state index in [-0.39, 0.29) is 5.91 Å². The molecule has 1 unspecified atom stereocenters. The highest BCUT2D eigenvalue weighted by molar-refractivity contribution is 5.76. The molecule has 0 aliphatic carbocycles. The van der Waals surface area contributed by atoms with Gasteiger partial charge in [0.15, 0.2) is 0 Å². The van der Waals surface area contributed by atoms with E-state index in [0.29, 0.717) is 12.3 Å². The van der Waals surface area contributed by atoms with Gasteiger partial charge in [-0.15, -0.1) is 0 Å². The molecule has 4 nitrogen and oxygen atoms in total. The number of nitrogens with one attached hydrogen (secondary N) is 2. The first-order valence-corrected chi connectivity index (χ1v) is 5.80. The zero-order valence-corrected chi connectivity index (χ0v) is 9.88. The van der Waals surface area contributed by atoms with Crippen molar-refractivity contribution in [2.45, 2.75) is 19.3 Å². The summed E-state index contributed by atoms with van der Waals surface area (Å²) < 4.78 is 0. The van der Waals surface area contributed by atoms with Gasteiger partial charge >= 0.3 is 0 Å². The predicted molar refractivity (Wildman–Crippen MR) is 61.8 cm³/mol. The molecule has 0 bridgehead atoms. The standard InChI is InChI=1S/C11H23N3O/c1-14(2)7-3-5-13-11(15)8-10-4-6-12-9-10/h10,12H,3-9H2,1-2H3,(H,13,15). The minimum Gasteiger partial charge on any atom is -0.356 e. The highest BCUT2D eigenvalue weighted by atomic mass is 16.1. The molecule has 1 aliphatic rings. The first-order chi connectivity index (χ1) is 7.18. The molecule has 1 heterocycles. The van der Waals surface area contributed by atoms with E-state index in [9.17, 15) is 4.79 Å². The van der Waals surface area contributed by atoms with Crippen molar-refractivity contribution in [3.63, 3.8) is 0 Å². The smallest absolute Gasteiger partial charge is 0.220 e. The summed E-state index contributed by atoms with van der Waals surface area (Å²) in [5, 5.41) is 6.24. The van der Waals surface area contributed by atoms with Gasteiger partial charge in [-0.25, -0.2) is 0 Å². The molecule has 0 aromatic rings. The fraction of sp³-hybridized carbons (Fsp3) is 0.909. The monoisotopic (exact) mass is 213 g/mol. The summed E-state index contributed by atoms with van der Waals surface area (Å²) in [6.45, 7) is 3.91. The topological polar surface area (TPSA) is 44.4 Å². The molecule has 0 radical (unpaired) electrons. The second-order valence-corrected chi connectivity index (χ2v) is 4.57. The van der Waals surface area contributed by atoms with Crippen molar-refractivity contribution < 1.29 is 4.79 Å². The Morgan fingerprint density at radius 3 is 2.93 bits per heavy atom. The summed E-state index contributed by atoms with van der Waals surface area (Å²) in [7, 11) is 4.10. The molecule has 0 aromatic heterocycles. The maximum absolute atomic E-state index is 11.5. The van der Waals surface area contributed by atoms with Crippen molar-refractivity contribution in [2.75, 3.05) is 40.3 Å². The SMILES string of the molecule is CN(C)CCCNC(=O)CC1CCNC1. The van der Waals surface area contributed by atoms with Crippen LogP contribution in [0.3, 0.4) is 0 Å². The first-order valence-electron chi connectivity index (χ1n) is 5.80. The summed E-state index contributed by atoms with van der Waals surface area (Å²) >= 11 is 0. The van der Waals surface area contributed by atoms with Gasteiger partial charge in [-0.2, -0.15) is 0 Å². The average Bonchev–Trinajstić information content (AvgIpc) is 2.64. The van der Waals surface area contributed by atoms with Crippen LogP contribution in [-0.2, 0) is 4.79 Å². The summed E-state index contributed by atoms with van der Waals surface area (Å²) in [5.74, 6) is 0.765. The van der Waals surface area contributed by atoms with E-state index in [1.54, 1.807) is 0 Å². The van der Waals surface area contributed by atoms with Crippen molar-refractivity contribution in [3.05, 3.63) is 0 Å². The van der Waals surface area contributed by atoms with Gasteiger partial charge in [0.05, 0.1) is 0 Å². The molecule has 1 rings (SSSR count). The minimum absolute atomic E-state index is 0.211. The van der Waals surface area contributed by atoms with Crippen LogP contribution in [0, 0.1) is 5.92 Å². The fourth-order valence-corrected chi connectivity index (χ4v) is 1.85. The van der Waals surface area contributed by atoms with Crippen molar-refractivity contribution in [3.8, 4) is 0 Å². The summed E-state index contributed by atoms with van der Waals surface area (Å²) in [6, 6.07) is 0. The molecule has 2 N–H and O–H groups in total. The van der Waals surface area contributed by atoms with Crippen LogP contribution in [0.1, 0.15) is 19.3 Å². The normalized spacial score (nSPS) is 20.9. The number of amides is 1. The van der Waals surface area contributed by atoms with Crippen LogP contribution in [0.25, 0.3) is 0 Å². The summed E-state index contributed by atoms with van der Waals surface area (Å²) in [6.07, 6.45) is 2.86. The Balaban J connectivity index is 1.98. The van der Waals surface area contributed by atoms with E-state index >= 15 is 0 Å². The highest BCUT2D eigenvalue weighted by Crippen LogP contribution is 2.11. The Morgan fingerprint density at radius 2 is 2.33 bits per heavy atom. The second-order valence-electron chi connectivity index (χ2n) is 4.57. The van der Waals surface area contributed by atoms with Crippen LogP contribution in [0.15, 0.2) is 0 Å². The van der Waals surface area contributed by atoms with Gasteiger partial charge in [0.2, 0.25) is 5.91 Å². The Kier molecular flexibility index (Phi) is 5.65. The number of carbonyl (C=O) groups excluding carboxylic acids is 1. The summed E-state index contributed by atoms with van der Waals surface area (Å²) in [5.41, 5.74) is 0. The zero-order valence-electron chi connectivity index (χ0n) is 9.88. The number of rotatable bonds is 6. The fourth-order valence-electron chi connectivity index (χ4n) is 1.85. The number of carbonyl (C=O) groups is 1. The Labute approximate surface area is 92.4 Å². The van der Waals surface area contributed by atoms with Crippen LogP contribution in [0.5, 0.6) is 0 Å². The molecule has 15 heavy (non-hydrogen) atoms. The van der Waals surface area contributed by atoms with Crippen LogP contribution in [-0.4, -0.2) is 51.1 Å². The molecule has 4 heteroatoms. The van der Waals surface area contributed by atoms with Crippen LogP contribution in [0.2, 0.25) is 0 Å². The van der Waals surface area contributed by atoms with Crippen LogP contribution >= 0.6 is 0 Å². The highest BCUT2D eigenvalue weighted by Gasteiger charge is 2.17. The van der Waals surface area contributed by atoms with Gasteiger partial charge in [0, 0.05) is 13.0 Å². The van der Waals surface area contributed by atoms with E-state index in [4.69, 9.17) is 0 Å². The molecule has 0 saturated carbocycles. The lowest BCUT2D eigenvalue weighted by molar-refractivity contribution is -0.121. The zero-order chi connectivity index (χ0) is 11.1. The molecular formula is C11H23N3O. The summed E-state index contributed by atoms with van der Waals surface area (Å²) in [4.78, 5) is 13.6. The van der Waals surface area contributed by atoms with Crippen LogP contribution < -0.4 is 10.6 Å². The maximum atomic E-state index is 11.5. The van der Waals surface area contributed by atoms with Crippen molar-refractivity contribution in [2.24, 2.45) is 5.92 Å². The predicted octanol–water partition coefficient (Wildman–Crippen LogP) is 0.0539. The van der Waals surface area contributed by atoms with E-state index < -0.39 is 0 Å². The van der Waals surface area contributed by atoms with Gasteiger partial charge in [-0.1, -0.05) is 0 Å². The molecule has 1 saturated heterocycles. The molecule has 0 aromatic carbocycles. The molecule has 1 amide bonds. The van der Waals surface area contributed by atoms with Gasteiger partial charge < -0.3 is 15.5 Å². The first kappa shape index (κ1) is 12.5. The lowest BCUT2D eigenvalue weighted by Gasteiger charge is -2.11. The van der Waals surface area contributed by atoms with Gasteiger partial charge in [0.25, 0.3) is 0 Å². The Morgan fingerprint density at radius 1 is 1.53 bits per heavy atom. The third-order valence-corrected chi connectivity index (χ3v) is 2.74. The lowest BCUT2D eigenvalue weighted by Crippen LogP contribution is -2.29. The molecular weight excluding hydrogens is 190 g/mol. The number of hydrogen-bond donors (Lipinski definition) is 2. The van der Waals surface area contributed by atoms with Gasteiger partial charge in [-0.05, 0) is 52.5 Å². The largest absolute Gasteiger partial charge is 0.356 e. The molecule has 1 aliphatic heterocycles. The average molecular weight is 213 g/mol. The van der Waals surface area contributed by atoms with Crippen molar-refractivity contribution >= 4 is 5.91 Å². The second kappa shape index (κ2) is 6.80. The van der Waals surface area contributed by atoms with Crippen molar-refractivity contribution in [1.82, 2.24) is 15.5 Å². The minimum atomic E-state index is 0.211. The third-order valence-electron chi connectivity index (χ3n) is 2.74. The van der Waals surface area contributed by atoms with E-state index in [1.165, 1.54) is 0 Å². The van der Waals surface area contributed by atoms with E-state index in [2.05, 4.69) is 15.5 Å². The molecule has 88 valence electrons. The molecule has 1 atom stereocenters. The molecule has 1 fully saturated rings. The molecule has 0 spiro atoms. The van der Waals surface area contributed by atoms with Gasteiger partial charge in [0.1, 0.15) is 0 Å². The van der Waals surface area contributed by atoms with Crippen LogP contribution in [0.4, 0.5) is 0 Å². The third kappa shape index (κ3) is 5.74. The number of hydrogen-bond acceptors (Lipinski definition) is 3. The van der Waals surface area contributed by atoms with Gasteiger partial charge in [-0.3, -0.25) is 4.79 Å². The Hall–Kier alpha value is -0.610. The lowest BCUT2D eigenvalue weighted by atomic mass is 10.0. The van der Waals surface area contributed by atoms with E-state index in [1.807, 2.05) is 14.1 Å². The maximum Gasteiger partial charge on any atom is 0.220 e. The van der Waals surface area contributed by atoms with Crippen molar-refractivity contribution in [1.29, 1.82) is 0 Å². The van der Waals surface area contributed by atoms with E-state index in [0.717, 1.165) is 39.0 Å². The number of nitrogens with zero attached hydrogens (tertiary/aromatic N) is 1.